The van der Waals surface area contributed by atoms with E-state index in [0.717, 1.165) is 51.9 Å². The molecule has 2 unspecified atom stereocenters. The Morgan fingerprint density at radius 3 is 3.06 bits per heavy atom. The molecule has 5 nitrogen and oxygen atoms in total. The van der Waals surface area contributed by atoms with Crippen LogP contribution in [-0.2, 0) is 9.53 Å². The monoisotopic (exact) mass is 255 g/mol. The summed E-state index contributed by atoms with van der Waals surface area (Å²) in [6.45, 7) is 6.56. The van der Waals surface area contributed by atoms with E-state index in [1.807, 2.05) is 0 Å². The molecule has 0 spiro atoms. The molecule has 104 valence electrons. The molecule has 0 radical (unpaired) electrons. The van der Waals surface area contributed by atoms with Crippen molar-refractivity contribution in [2.24, 2.45) is 5.73 Å². The van der Waals surface area contributed by atoms with Gasteiger partial charge in [0.2, 0.25) is 5.91 Å². The van der Waals surface area contributed by atoms with E-state index in [1.54, 1.807) is 0 Å². The van der Waals surface area contributed by atoms with Gasteiger partial charge in [0.1, 0.15) is 5.54 Å². The number of ether oxygens (including phenoxy) is 1. The third kappa shape index (κ3) is 2.68. The van der Waals surface area contributed by atoms with Gasteiger partial charge in [-0.1, -0.05) is 6.92 Å². The number of rotatable bonds is 3. The van der Waals surface area contributed by atoms with Crippen LogP contribution in [0.25, 0.3) is 0 Å². The molecule has 0 bridgehead atoms. The van der Waals surface area contributed by atoms with Crippen molar-refractivity contribution < 1.29 is 9.53 Å². The van der Waals surface area contributed by atoms with Gasteiger partial charge >= 0.3 is 0 Å². The summed E-state index contributed by atoms with van der Waals surface area (Å²) in [7, 11) is 0. The zero-order chi connectivity index (χ0) is 13.0. The fourth-order valence-electron chi connectivity index (χ4n) is 3.13. The Hall–Kier alpha value is -0.650. The molecule has 2 heterocycles. The van der Waals surface area contributed by atoms with E-state index >= 15 is 0 Å². The SMILES string of the molecule is CCC1CC(C(N)=O)(N2CCCNCC2)CCO1. The highest BCUT2D eigenvalue weighted by Crippen LogP contribution is 2.32. The van der Waals surface area contributed by atoms with Gasteiger partial charge in [-0.25, -0.2) is 0 Å². The number of carbonyl (C=O) groups is 1. The van der Waals surface area contributed by atoms with Gasteiger partial charge in [0.15, 0.2) is 0 Å². The van der Waals surface area contributed by atoms with Gasteiger partial charge in [-0.3, -0.25) is 9.69 Å². The Kier molecular flexibility index (Phi) is 4.59. The topological polar surface area (TPSA) is 67.6 Å². The van der Waals surface area contributed by atoms with Gasteiger partial charge in [0.25, 0.3) is 0 Å². The van der Waals surface area contributed by atoms with Crippen LogP contribution >= 0.6 is 0 Å². The number of nitrogens with one attached hydrogen (secondary N) is 1. The number of nitrogens with zero attached hydrogens (tertiary/aromatic N) is 1. The van der Waals surface area contributed by atoms with E-state index in [4.69, 9.17) is 10.5 Å². The number of hydrogen-bond acceptors (Lipinski definition) is 4. The van der Waals surface area contributed by atoms with Crippen LogP contribution < -0.4 is 11.1 Å². The third-order valence-corrected chi connectivity index (χ3v) is 4.29. The number of hydrogen-bond donors (Lipinski definition) is 2. The van der Waals surface area contributed by atoms with E-state index in [-0.39, 0.29) is 12.0 Å². The lowest BCUT2D eigenvalue weighted by molar-refractivity contribution is -0.142. The minimum Gasteiger partial charge on any atom is -0.378 e. The standard InChI is InChI=1S/C13H25N3O2/c1-2-11-10-13(12(14)17,4-9-18-11)16-7-3-5-15-6-8-16/h11,15H,2-10H2,1H3,(H2,14,17). The minimum atomic E-state index is -0.481. The molecule has 2 fully saturated rings. The minimum absolute atomic E-state index is 0.169. The molecule has 3 N–H and O–H groups in total. The Bertz CT molecular complexity index is 290. The molecule has 2 saturated heterocycles. The molecule has 1 amide bonds. The fraction of sp³-hybridized carbons (Fsp3) is 0.923. The smallest absolute Gasteiger partial charge is 0.238 e. The first-order valence-corrected chi connectivity index (χ1v) is 7.06. The van der Waals surface area contributed by atoms with Crippen LogP contribution in [0.4, 0.5) is 0 Å². The van der Waals surface area contributed by atoms with Crippen LogP contribution in [-0.4, -0.2) is 55.2 Å². The lowest BCUT2D eigenvalue weighted by Gasteiger charge is -2.45. The Morgan fingerprint density at radius 1 is 1.50 bits per heavy atom. The van der Waals surface area contributed by atoms with E-state index in [0.29, 0.717) is 6.61 Å². The summed E-state index contributed by atoms with van der Waals surface area (Å²) in [6, 6.07) is 0. The molecule has 2 atom stereocenters. The van der Waals surface area contributed by atoms with Crippen LogP contribution in [0.2, 0.25) is 0 Å². The van der Waals surface area contributed by atoms with Crippen LogP contribution in [0.15, 0.2) is 0 Å². The molecule has 0 aromatic heterocycles. The zero-order valence-corrected chi connectivity index (χ0v) is 11.3. The summed E-state index contributed by atoms with van der Waals surface area (Å²) >= 11 is 0. The fourth-order valence-corrected chi connectivity index (χ4v) is 3.13. The molecular formula is C13H25N3O2. The van der Waals surface area contributed by atoms with Gasteiger partial charge in [-0.2, -0.15) is 0 Å². The quantitative estimate of drug-likeness (QED) is 0.750. The van der Waals surface area contributed by atoms with Gasteiger partial charge in [-0.15, -0.1) is 0 Å². The lowest BCUT2D eigenvalue weighted by Crippen LogP contribution is -2.62. The van der Waals surface area contributed by atoms with Crippen LogP contribution in [0, 0.1) is 0 Å². The van der Waals surface area contributed by atoms with Crippen LogP contribution in [0.1, 0.15) is 32.6 Å². The summed E-state index contributed by atoms with van der Waals surface area (Å²) in [5, 5.41) is 3.37. The molecule has 0 aromatic carbocycles. The number of carbonyl (C=O) groups excluding carboxylic acids is 1. The summed E-state index contributed by atoms with van der Waals surface area (Å²) in [5.41, 5.74) is 5.26. The van der Waals surface area contributed by atoms with Crippen LogP contribution in [0.3, 0.4) is 0 Å². The summed E-state index contributed by atoms with van der Waals surface area (Å²) in [5.74, 6) is -0.175. The van der Waals surface area contributed by atoms with Crippen molar-refractivity contribution >= 4 is 5.91 Å². The summed E-state index contributed by atoms with van der Waals surface area (Å²) < 4.78 is 5.70. The van der Waals surface area contributed by atoms with Crippen molar-refractivity contribution in [2.75, 3.05) is 32.8 Å². The molecule has 0 saturated carbocycles. The van der Waals surface area contributed by atoms with Crippen molar-refractivity contribution in [1.29, 1.82) is 0 Å². The molecular weight excluding hydrogens is 230 g/mol. The van der Waals surface area contributed by atoms with Crippen molar-refractivity contribution in [1.82, 2.24) is 10.2 Å². The van der Waals surface area contributed by atoms with Crippen molar-refractivity contribution in [3.63, 3.8) is 0 Å². The Labute approximate surface area is 109 Å². The summed E-state index contributed by atoms with van der Waals surface area (Å²) in [6.07, 6.45) is 3.67. The van der Waals surface area contributed by atoms with Gasteiger partial charge < -0.3 is 15.8 Å². The van der Waals surface area contributed by atoms with Gasteiger partial charge in [0.05, 0.1) is 6.10 Å². The third-order valence-electron chi connectivity index (χ3n) is 4.29. The molecule has 18 heavy (non-hydrogen) atoms. The maximum absolute atomic E-state index is 12.1. The van der Waals surface area contributed by atoms with E-state index in [1.165, 1.54) is 0 Å². The van der Waals surface area contributed by atoms with E-state index in [9.17, 15) is 4.79 Å². The molecule has 2 aliphatic heterocycles. The first-order chi connectivity index (χ1) is 8.69. The average Bonchev–Trinajstić information content (AvgIpc) is 2.67. The number of amides is 1. The first-order valence-electron chi connectivity index (χ1n) is 7.06. The highest BCUT2D eigenvalue weighted by molar-refractivity contribution is 5.84. The maximum Gasteiger partial charge on any atom is 0.238 e. The molecule has 5 heteroatoms. The maximum atomic E-state index is 12.1. The molecule has 2 rings (SSSR count). The highest BCUT2D eigenvalue weighted by atomic mass is 16.5. The molecule has 2 aliphatic rings. The first kappa shape index (κ1) is 13.8. The van der Waals surface area contributed by atoms with Crippen molar-refractivity contribution in [3.05, 3.63) is 0 Å². The van der Waals surface area contributed by atoms with Gasteiger partial charge in [0, 0.05) is 32.7 Å². The predicted octanol–water partition coefficient (Wildman–Crippen LogP) is 0.0948. The summed E-state index contributed by atoms with van der Waals surface area (Å²) in [4.78, 5) is 14.3. The Morgan fingerprint density at radius 2 is 2.33 bits per heavy atom. The zero-order valence-electron chi connectivity index (χ0n) is 11.3. The molecule has 0 aliphatic carbocycles. The second kappa shape index (κ2) is 5.99. The molecule has 0 aromatic rings. The Balaban J connectivity index is 2.16. The number of nitrogens with two attached hydrogens (primary N) is 1. The normalized spacial score (nSPS) is 35.1. The van der Waals surface area contributed by atoms with Crippen LogP contribution in [0.5, 0.6) is 0 Å². The predicted molar refractivity (Wildman–Crippen MR) is 70.3 cm³/mol. The highest BCUT2D eigenvalue weighted by Gasteiger charge is 2.46. The number of primary amides is 1. The van der Waals surface area contributed by atoms with Crippen molar-refractivity contribution in [2.45, 2.75) is 44.2 Å². The van der Waals surface area contributed by atoms with Crippen molar-refractivity contribution in [3.8, 4) is 0 Å². The van der Waals surface area contributed by atoms with Gasteiger partial charge in [-0.05, 0) is 25.8 Å². The average molecular weight is 255 g/mol. The lowest BCUT2D eigenvalue weighted by atomic mass is 9.83. The largest absolute Gasteiger partial charge is 0.378 e. The van der Waals surface area contributed by atoms with E-state index < -0.39 is 5.54 Å². The van der Waals surface area contributed by atoms with E-state index in [2.05, 4.69) is 17.1 Å². The second-order valence-electron chi connectivity index (χ2n) is 5.34. The second-order valence-corrected chi connectivity index (χ2v) is 5.34.